The van der Waals surface area contributed by atoms with Crippen LogP contribution < -0.4 is 5.32 Å². The van der Waals surface area contributed by atoms with Crippen molar-refractivity contribution >= 4 is 22.7 Å². The number of alkyl carbamates (subject to hydrolysis) is 1. The van der Waals surface area contributed by atoms with Gasteiger partial charge < -0.3 is 9.84 Å². The highest BCUT2D eigenvalue weighted by Crippen LogP contribution is 2.21. The Kier molecular flexibility index (Phi) is 3.84. The van der Waals surface area contributed by atoms with E-state index in [9.17, 15) is 9.90 Å². The Balaban J connectivity index is 2.16. The summed E-state index contributed by atoms with van der Waals surface area (Å²) in [5.41, 5.74) is -0.0373. The van der Waals surface area contributed by atoms with Crippen LogP contribution in [0.15, 0.2) is 36.4 Å². The van der Waals surface area contributed by atoms with E-state index >= 15 is 0 Å². The Hall–Kier alpha value is -2.56. The first kappa shape index (κ1) is 14.8. The molecule has 21 heavy (non-hydrogen) atoms. The standard InChI is InChI=1S/C16H18N2O3/c1-16(2,3)21-15(20)18-14(17)12-5-4-11-9-13(19)7-6-10(11)8-12/h4-9,19H,1-3H3,(H2,17,18,20). The highest BCUT2D eigenvalue weighted by atomic mass is 16.6. The van der Waals surface area contributed by atoms with Gasteiger partial charge in [-0.1, -0.05) is 18.2 Å². The minimum atomic E-state index is -0.654. The Morgan fingerprint density at radius 2 is 1.76 bits per heavy atom. The second kappa shape index (κ2) is 5.44. The molecule has 0 aliphatic carbocycles. The molecule has 2 rings (SSSR count). The lowest BCUT2D eigenvalue weighted by Gasteiger charge is -2.19. The number of carbonyl (C=O) groups is 1. The van der Waals surface area contributed by atoms with E-state index in [1.165, 1.54) is 0 Å². The summed E-state index contributed by atoms with van der Waals surface area (Å²) >= 11 is 0. The minimum Gasteiger partial charge on any atom is -0.508 e. The highest BCUT2D eigenvalue weighted by molar-refractivity contribution is 6.06. The summed E-state index contributed by atoms with van der Waals surface area (Å²) in [6.07, 6.45) is -0.654. The quantitative estimate of drug-likeness (QED) is 0.555. The number of amides is 1. The smallest absolute Gasteiger partial charge is 0.413 e. The van der Waals surface area contributed by atoms with Crippen LogP contribution in [0.25, 0.3) is 10.8 Å². The monoisotopic (exact) mass is 286 g/mol. The van der Waals surface area contributed by atoms with E-state index in [0.29, 0.717) is 5.56 Å². The van der Waals surface area contributed by atoms with E-state index in [1.807, 2.05) is 0 Å². The van der Waals surface area contributed by atoms with E-state index in [0.717, 1.165) is 10.8 Å². The second-order valence-corrected chi connectivity index (χ2v) is 5.75. The fourth-order valence-electron chi connectivity index (χ4n) is 1.87. The molecule has 0 heterocycles. The molecule has 5 nitrogen and oxygen atoms in total. The maximum Gasteiger partial charge on any atom is 0.413 e. The molecule has 0 aliphatic heterocycles. The van der Waals surface area contributed by atoms with Gasteiger partial charge in [0, 0.05) is 5.56 Å². The summed E-state index contributed by atoms with van der Waals surface area (Å²) in [7, 11) is 0. The van der Waals surface area contributed by atoms with Crippen molar-refractivity contribution in [3.05, 3.63) is 42.0 Å². The maximum absolute atomic E-state index is 11.6. The van der Waals surface area contributed by atoms with Crippen LogP contribution in [0.4, 0.5) is 4.79 Å². The molecule has 5 heteroatoms. The van der Waals surface area contributed by atoms with Gasteiger partial charge >= 0.3 is 6.09 Å². The third-order valence-electron chi connectivity index (χ3n) is 2.74. The van der Waals surface area contributed by atoms with Crippen LogP contribution in [0.3, 0.4) is 0 Å². The second-order valence-electron chi connectivity index (χ2n) is 5.75. The van der Waals surface area contributed by atoms with Crippen molar-refractivity contribution in [1.29, 1.82) is 5.41 Å². The van der Waals surface area contributed by atoms with Crippen LogP contribution >= 0.6 is 0 Å². The van der Waals surface area contributed by atoms with Gasteiger partial charge in [-0.05, 0) is 49.7 Å². The van der Waals surface area contributed by atoms with E-state index in [1.54, 1.807) is 57.2 Å². The average Bonchev–Trinajstić information content (AvgIpc) is 2.35. The van der Waals surface area contributed by atoms with Gasteiger partial charge in [-0.15, -0.1) is 0 Å². The number of phenolic OH excluding ortho intramolecular Hbond substituents is 1. The molecule has 1 amide bonds. The molecule has 0 saturated carbocycles. The number of ether oxygens (including phenoxy) is 1. The van der Waals surface area contributed by atoms with Gasteiger partial charge in [0.05, 0.1) is 0 Å². The van der Waals surface area contributed by atoms with Gasteiger partial charge in [0.15, 0.2) is 0 Å². The third-order valence-corrected chi connectivity index (χ3v) is 2.74. The number of rotatable bonds is 1. The highest BCUT2D eigenvalue weighted by Gasteiger charge is 2.17. The normalized spacial score (nSPS) is 11.2. The van der Waals surface area contributed by atoms with E-state index in [2.05, 4.69) is 5.32 Å². The molecule has 0 fully saturated rings. The van der Waals surface area contributed by atoms with Gasteiger partial charge in [0.1, 0.15) is 17.2 Å². The topological polar surface area (TPSA) is 82.4 Å². The van der Waals surface area contributed by atoms with Crippen molar-refractivity contribution < 1.29 is 14.6 Å². The number of amidine groups is 1. The number of aromatic hydroxyl groups is 1. The predicted molar refractivity (Wildman–Crippen MR) is 81.8 cm³/mol. The van der Waals surface area contributed by atoms with Gasteiger partial charge in [0.2, 0.25) is 0 Å². The fraction of sp³-hybridized carbons (Fsp3) is 0.250. The summed E-state index contributed by atoms with van der Waals surface area (Å²) in [4.78, 5) is 11.6. The first-order valence-electron chi connectivity index (χ1n) is 6.56. The van der Waals surface area contributed by atoms with Crippen molar-refractivity contribution in [2.45, 2.75) is 26.4 Å². The van der Waals surface area contributed by atoms with Crippen molar-refractivity contribution in [2.24, 2.45) is 0 Å². The largest absolute Gasteiger partial charge is 0.508 e. The van der Waals surface area contributed by atoms with Crippen LogP contribution in [0, 0.1) is 5.41 Å². The molecule has 0 bridgehead atoms. The van der Waals surface area contributed by atoms with Crippen LogP contribution in [0.1, 0.15) is 26.3 Å². The van der Waals surface area contributed by atoms with E-state index in [-0.39, 0.29) is 11.6 Å². The molecule has 0 aliphatic rings. The maximum atomic E-state index is 11.6. The number of carbonyl (C=O) groups excluding carboxylic acids is 1. The number of phenols is 1. The van der Waals surface area contributed by atoms with Crippen LogP contribution in [0.5, 0.6) is 5.75 Å². The van der Waals surface area contributed by atoms with Gasteiger partial charge in [-0.3, -0.25) is 10.7 Å². The van der Waals surface area contributed by atoms with Crippen LogP contribution in [-0.2, 0) is 4.74 Å². The molecular formula is C16H18N2O3. The number of nitrogens with one attached hydrogen (secondary N) is 2. The first-order chi connectivity index (χ1) is 9.74. The SMILES string of the molecule is CC(C)(C)OC(=O)NC(=N)c1ccc2cc(O)ccc2c1. The Labute approximate surface area is 123 Å². The molecule has 0 atom stereocenters. The Morgan fingerprint density at radius 3 is 2.43 bits per heavy atom. The Morgan fingerprint density at radius 1 is 1.14 bits per heavy atom. The molecular weight excluding hydrogens is 268 g/mol. The summed E-state index contributed by atoms with van der Waals surface area (Å²) < 4.78 is 5.11. The van der Waals surface area contributed by atoms with Gasteiger partial charge in [0.25, 0.3) is 0 Å². The molecule has 0 spiro atoms. The zero-order valence-corrected chi connectivity index (χ0v) is 12.2. The molecule has 3 N–H and O–H groups in total. The Bertz CT molecular complexity index is 702. The molecule has 0 unspecified atom stereocenters. The van der Waals surface area contributed by atoms with Crippen molar-refractivity contribution in [2.75, 3.05) is 0 Å². The van der Waals surface area contributed by atoms with Gasteiger partial charge in [-0.25, -0.2) is 4.79 Å². The lowest BCUT2D eigenvalue weighted by molar-refractivity contribution is 0.0563. The van der Waals surface area contributed by atoms with Crippen molar-refractivity contribution in [3.63, 3.8) is 0 Å². The molecule has 0 aromatic heterocycles. The van der Waals surface area contributed by atoms with E-state index < -0.39 is 11.7 Å². The van der Waals surface area contributed by atoms with Crippen LogP contribution in [-0.4, -0.2) is 22.6 Å². The molecule has 2 aromatic rings. The summed E-state index contributed by atoms with van der Waals surface area (Å²) in [5.74, 6) is 0.163. The van der Waals surface area contributed by atoms with Crippen molar-refractivity contribution in [3.8, 4) is 5.75 Å². The number of hydrogen-bond acceptors (Lipinski definition) is 4. The molecule has 110 valence electrons. The zero-order valence-electron chi connectivity index (χ0n) is 12.2. The van der Waals surface area contributed by atoms with Gasteiger partial charge in [-0.2, -0.15) is 0 Å². The van der Waals surface area contributed by atoms with Crippen LogP contribution in [0.2, 0.25) is 0 Å². The lowest BCUT2D eigenvalue weighted by atomic mass is 10.1. The van der Waals surface area contributed by atoms with E-state index in [4.69, 9.17) is 10.1 Å². The lowest BCUT2D eigenvalue weighted by Crippen LogP contribution is -2.36. The number of benzene rings is 2. The average molecular weight is 286 g/mol. The molecule has 0 saturated heterocycles. The molecule has 0 radical (unpaired) electrons. The number of hydrogen-bond donors (Lipinski definition) is 3. The fourth-order valence-corrected chi connectivity index (χ4v) is 1.87. The summed E-state index contributed by atoms with van der Waals surface area (Å²) in [5, 5.41) is 21.5. The number of fused-ring (bicyclic) bond motifs is 1. The third kappa shape index (κ3) is 3.95. The molecule has 2 aromatic carbocycles. The summed E-state index contributed by atoms with van der Waals surface area (Å²) in [6, 6.07) is 10.3. The predicted octanol–water partition coefficient (Wildman–Crippen LogP) is 3.40. The minimum absolute atomic E-state index is 0.0285. The first-order valence-corrected chi connectivity index (χ1v) is 6.56. The summed E-state index contributed by atoms with van der Waals surface area (Å²) in [6.45, 7) is 5.29. The zero-order chi connectivity index (χ0) is 15.6. The van der Waals surface area contributed by atoms with Crippen molar-refractivity contribution in [1.82, 2.24) is 5.32 Å².